The summed E-state index contributed by atoms with van der Waals surface area (Å²) in [6.07, 6.45) is 0. The minimum absolute atomic E-state index is 0. The standard InChI is InChI=1S/C5H11Si.BrH.Mg/c1-5-6(2,3)4;;/h1H2,2-4H3;1H;/q-1;;+2/p-1. The predicted molar refractivity (Wildman–Crippen MR) is 38.0 cm³/mol. The van der Waals surface area contributed by atoms with Gasteiger partial charge in [0.2, 0.25) is 0 Å². The van der Waals surface area contributed by atoms with Crippen molar-refractivity contribution in [1.29, 1.82) is 0 Å². The van der Waals surface area contributed by atoms with Gasteiger partial charge in [0.25, 0.3) is 0 Å². The molecule has 0 aliphatic carbocycles. The smallest absolute Gasteiger partial charge is 1.00 e. The van der Waals surface area contributed by atoms with Crippen LogP contribution in [0.2, 0.25) is 19.6 Å². The summed E-state index contributed by atoms with van der Waals surface area (Å²) in [5, 5.41) is 0. The molecule has 0 radical (unpaired) electrons. The Kier molecular flexibility index (Phi) is 12.7. The normalized spacial score (nSPS) is 8.38. The molecular formula is C5H11BrMgSi. The van der Waals surface area contributed by atoms with Crippen molar-refractivity contribution < 1.29 is 17.0 Å². The third-order valence-corrected chi connectivity index (χ3v) is 1.59. The van der Waals surface area contributed by atoms with Crippen molar-refractivity contribution >= 4 is 31.1 Å². The molecule has 0 amide bonds. The van der Waals surface area contributed by atoms with E-state index in [9.17, 15) is 0 Å². The molecule has 0 atom stereocenters. The van der Waals surface area contributed by atoms with Crippen molar-refractivity contribution in [2.24, 2.45) is 0 Å². The fourth-order valence-electron chi connectivity index (χ4n) is 0. The zero-order chi connectivity index (χ0) is 5.21. The second kappa shape index (κ2) is 6.33. The molecule has 0 aliphatic rings. The predicted octanol–water partition coefficient (Wildman–Crippen LogP) is -1.52. The Morgan fingerprint density at radius 3 is 1.38 bits per heavy atom. The van der Waals surface area contributed by atoms with Gasteiger partial charge in [-0.05, 0) is 0 Å². The van der Waals surface area contributed by atoms with Crippen molar-refractivity contribution in [3.8, 4) is 0 Å². The molecule has 0 unspecified atom stereocenters. The maximum absolute atomic E-state index is 3.57. The van der Waals surface area contributed by atoms with Crippen LogP contribution in [0.1, 0.15) is 0 Å². The third-order valence-electron chi connectivity index (χ3n) is 0.530. The van der Waals surface area contributed by atoms with Crippen LogP contribution in [0.3, 0.4) is 0 Å². The maximum atomic E-state index is 3.57. The Morgan fingerprint density at radius 2 is 1.38 bits per heavy atom. The second-order valence-corrected chi connectivity index (χ2v) is 7.28. The molecule has 0 bridgehead atoms. The van der Waals surface area contributed by atoms with Crippen molar-refractivity contribution in [2.75, 3.05) is 0 Å². The van der Waals surface area contributed by atoms with Crippen LogP contribution >= 0.6 is 0 Å². The van der Waals surface area contributed by atoms with Gasteiger partial charge in [0.15, 0.2) is 0 Å². The maximum Gasteiger partial charge on any atom is 2.00 e. The fraction of sp³-hybridized carbons (Fsp3) is 0.600. The van der Waals surface area contributed by atoms with Gasteiger partial charge >= 0.3 is 23.1 Å². The third kappa shape index (κ3) is 15.7. The monoisotopic (exact) mass is 202 g/mol. The van der Waals surface area contributed by atoms with E-state index in [1.54, 1.807) is 0 Å². The molecule has 0 aromatic heterocycles. The summed E-state index contributed by atoms with van der Waals surface area (Å²) < 4.78 is 0. The Balaban J connectivity index is -0.000000125. The minimum Gasteiger partial charge on any atom is -1.00 e. The van der Waals surface area contributed by atoms with Gasteiger partial charge in [0.05, 0.1) is 0 Å². The van der Waals surface area contributed by atoms with Gasteiger partial charge in [0, 0.05) is 0 Å². The second-order valence-electron chi connectivity index (χ2n) is 2.43. The molecule has 3 heteroatoms. The van der Waals surface area contributed by atoms with Crippen LogP contribution in [-0.2, 0) is 0 Å². The molecular weight excluding hydrogens is 192 g/mol. The van der Waals surface area contributed by atoms with Crippen LogP contribution in [0.4, 0.5) is 0 Å². The number of halogens is 1. The molecule has 0 rings (SSSR count). The summed E-state index contributed by atoms with van der Waals surface area (Å²) in [5.41, 5.74) is 2.99. The summed E-state index contributed by atoms with van der Waals surface area (Å²) in [6.45, 7) is 10.2. The summed E-state index contributed by atoms with van der Waals surface area (Å²) in [7, 11) is -0.992. The van der Waals surface area contributed by atoms with E-state index in [1.807, 2.05) is 0 Å². The fourth-order valence-corrected chi connectivity index (χ4v) is 0. The summed E-state index contributed by atoms with van der Waals surface area (Å²) in [4.78, 5) is 0. The first-order valence-corrected chi connectivity index (χ1v) is 5.60. The van der Waals surface area contributed by atoms with Crippen LogP contribution in [0.25, 0.3) is 0 Å². The first-order chi connectivity index (χ1) is 2.56. The summed E-state index contributed by atoms with van der Waals surface area (Å²) >= 11 is 0. The van der Waals surface area contributed by atoms with Gasteiger partial charge in [0.1, 0.15) is 0 Å². The number of hydrogen-bond acceptors (Lipinski definition) is 0. The zero-order valence-corrected chi connectivity index (χ0v) is 9.79. The molecule has 0 nitrogen and oxygen atoms in total. The van der Waals surface area contributed by atoms with E-state index in [2.05, 4.69) is 31.9 Å². The number of hydrogen-bond donors (Lipinski definition) is 0. The van der Waals surface area contributed by atoms with Gasteiger partial charge in [-0.15, -0.1) is 8.07 Å². The quantitative estimate of drug-likeness (QED) is 0.359. The van der Waals surface area contributed by atoms with Gasteiger partial charge in [-0.1, -0.05) is 19.6 Å². The van der Waals surface area contributed by atoms with Gasteiger partial charge in [-0.3, -0.25) is 6.58 Å². The minimum atomic E-state index is -0.992. The molecule has 0 aromatic rings. The Bertz CT molecular complexity index is 57.9. The molecule has 0 heterocycles. The summed E-state index contributed by atoms with van der Waals surface area (Å²) in [6, 6.07) is 0. The largest absolute Gasteiger partial charge is 2.00 e. The number of rotatable bonds is 1. The molecule has 0 aromatic carbocycles. The molecule has 0 saturated heterocycles. The Morgan fingerprint density at radius 1 is 1.25 bits per heavy atom. The van der Waals surface area contributed by atoms with Gasteiger partial charge < -0.3 is 22.7 Å². The topological polar surface area (TPSA) is 0 Å². The summed E-state index contributed by atoms with van der Waals surface area (Å²) in [5.74, 6) is 0. The van der Waals surface area contributed by atoms with E-state index in [1.165, 1.54) is 0 Å². The van der Waals surface area contributed by atoms with Crippen LogP contribution in [0, 0.1) is 5.70 Å². The van der Waals surface area contributed by atoms with Crippen molar-refractivity contribution in [1.82, 2.24) is 0 Å². The zero-order valence-electron chi connectivity index (χ0n) is 5.79. The Labute approximate surface area is 79.7 Å². The van der Waals surface area contributed by atoms with Crippen LogP contribution < -0.4 is 17.0 Å². The molecule has 0 aliphatic heterocycles. The van der Waals surface area contributed by atoms with Crippen LogP contribution in [0.5, 0.6) is 0 Å². The molecule has 0 spiro atoms. The van der Waals surface area contributed by atoms with E-state index in [0.717, 1.165) is 0 Å². The van der Waals surface area contributed by atoms with Crippen molar-refractivity contribution in [3.05, 3.63) is 12.3 Å². The molecule has 0 N–H and O–H groups in total. The molecule has 8 heavy (non-hydrogen) atoms. The first-order valence-electron chi connectivity index (χ1n) is 2.10. The molecule has 44 valence electrons. The van der Waals surface area contributed by atoms with E-state index >= 15 is 0 Å². The van der Waals surface area contributed by atoms with Gasteiger partial charge in [-0.25, -0.2) is 0 Å². The van der Waals surface area contributed by atoms with Crippen molar-refractivity contribution in [2.45, 2.75) is 19.6 Å². The van der Waals surface area contributed by atoms with Crippen LogP contribution in [0.15, 0.2) is 6.58 Å². The van der Waals surface area contributed by atoms with E-state index in [0.29, 0.717) is 0 Å². The Hall–Kier alpha value is 1.20. The average Bonchev–Trinajstić information content (AvgIpc) is 1.35. The van der Waals surface area contributed by atoms with Crippen molar-refractivity contribution in [3.63, 3.8) is 0 Å². The van der Waals surface area contributed by atoms with Crippen LogP contribution in [-0.4, -0.2) is 31.1 Å². The van der Waals surface area contributed by atoms with E-state index in [-0.39, 0.29) is 40.0 Å². The van der Waals surface area contributed by atoms with Gasteiger partial charge in [-0.2, -0.15) is 0 Å². The van der Waals surface area contributed by atoms with E-state index in [4.69, 9.17) is 0 Å². The molecule has 0 fully saturated rings. The van der Waals surface area contributed by atoms with E-state index < -0.39 is 8.07 Å². The first kappa shape index (κ1) is 16.1. The molecule has 0 saturated carbocycles. The average molecular weight is 203 g/mol. The SMILES string of the molecule is C=[C-][Si](C)(C)C.[Br-].[Mg+2].